The van der Waals surface area contributed by atoms with Crippen molar-refractivity contribution in [1.29, 1.82) is 0 Å². The van der Waals surface area contributed by atoms with Gasteiger partial charge in [0.05, 0.1) is 5.75 Å². The SMILES string of the molecule is NCc1cccc(SCC(=O)Nc2cccc(Br)c2)c1. The molecule has 1 amide bonds. The molecule has 20 heavy (non-hydrogen) atoms. The van der Waals surface area contributed by atoms with Gasteiger partial charge in [-0.25, -0.2) is 0 Å². The van der Waals surface area contributed by atoms with Crippen LogP contribution in [-0.2, 0) is 11.3 Å². The summed E-state index contributed by atoms with van der Waals surface area (Å²) in [5.74, 6) is 0.354. The first-order chi connectivity index (χ1) is 9.67. The fourth-order valence-corrected chi connectivity index (χ4v) is 2.85. The molecule has 0 spiro atoms. The van der Waals surface area contributed by atoms with Gasteiger partial charge < -0.3 is 11.1 Å². The van der Waals surface area contributed by atoms with Crippen LogP contribution in [0.4, 0.5) is 5.69 Å². The molecule has 3 N–H and O–H groups in total. The Morgan fingerprint density at radius 2 is 2.00 bits per heavy atom. The fraction of sp³-hybridized carbons (Fsp3) is 0.133. The van der Waals surface area contributed by atoms with E-state index in [9.17, 15) is 4.79 Å². The molecule has 5 heteroatoms. The number of benzene rings is 2. The Hall–Kier alpha value is -1.30. The largest absolute Gasteiger partial charge is 0.326 e. The molecule has 2 aromatic rings. The number of anilines is 1. The highest BCUT2D eigenvalue weighted by Crippen LogP contribution is 2.20. The van der Waals surface area contributed by atoms with E-state index in [0.717, 1.165) is 20.6 Å². The van der Waals surface area contributed by atoms with Gasteiger partial charge in [0.2, 0.25) is 5.91 Å². The number of carbonyl (C=O) groups excluding carboxylic acids is 1. The number of nitrogens with one attached hydrogen (secondary N) is 1. The van der Waals surface area contributed by atoms with Crippen molar-refractivity contribution in [2.75, 3.05) is 11.1 Å². The molecule has 0 saturated carbocycles. The smallest absolute Gasteiger partial charge is 0.234 e. The van der Waals surface area contributed by atoms with Crippen LogP contribution < -0.4 is 11.1 Å². The van der Waals surface area contributed by atoms with Crippen molar-refractivity contribution in [3.63, 3.8) is 0 Å². The molecule has 0 heterocycles. The lowest BCUT2D eigenvalue weighted by molar-refractivity contribution is -0.113. The Labute approximate surface area is 131 Å². The normalized spacial score (nSPS) is 10.3. The molecular formula is C15H15BrN2OS. The standard InChI is InChI=1S/C15H15BrN2OS/c16-12-4-2-5-13(8-12)18-15(19)10-20-14-6-1-3-11(7-14)9-17/h1-8H,9-10,17H2,(H,18,19). The summed E-state index contributed by atoms with van der Waals surface area (Å²) >= 11 is 4.88. The molecule has 0 bridgehead atoms. The summed E-state index contributed by atoms with van der Waals surface area (Å²) in [6.45, 7) is 0.513. The fourth-order valence-electron chi connectivity index (χ4n) is 1.67. The maximum absolute atomic E-state index is 11.9. The van der Waals surface area contributed by atoms with E-state index in [2.05, 4.69) is 21.2 Å². The molecule has 0 aliphatic heterocycles. The Balaban J connectivity index is 1.88. The first-order valence-corrected chi connectivity index (χ1v) is 7.92. The van der Waals surface area contributed by atoms with Crippen LogP contribution in [0.3, 0.4) is 0 Å². The Morgan fingerprint density at radius 3 is 2.75 bits per heavy atom. The van der Waals surface area contributed by atoms with Crippen molar-refractivity contribution in [1.82, 2.24) is 0 Å². The second-order valence-corrected chi connectivity index (χ2v) is 6.16. The average Bonchev–Trinajstić information content (AvgIpc) is 2.45. The number of hydrogen-bond acceptors (Lipinski definition) is 3. The van der Waals surface area contributed by atoms with Crippen LogP contribution in [0.5, 0.6) is 0 Å². The van der Waals surface area contributed by atoms with E-state index in [0.29, 0.717) is 12.3 Å². The molecule has 0 aliphatic rings. The number of amides is 1. The van der Waals surface area contributed by atoms with Crippen LogP contribution in [-0.4, -0.2) is 11.7 Å². The number of hydrogen-bond donors (Lipinski definition) is 2. The Morgan fingerprint density at radius 1 is 1.20 bits per heavy atom. The quantitative estimate of drug-likeness (QED) is 0.809. The van der Waals surface area contributed by atoms with Gasteiger partial charge >= 0.3 is 0 Å². The lowest BCUT2D eigenvalue weighted by Crippen LogP contribution is -2.13. The third kappa shape index (κ3) is 4.67. The molecule has 0 radical (unpaired) electrons. The van der Waals surface area contributed by atoms with Crippen molar-refractivity contribution in [3.8, 4) is 0 Å². The summed E-state index contributed by atoms with van der Waals surface area (Å²) in [6, 6.07) is 15.5. The molecule has 2 aromatic carbocycles. The van der Waals surface area contributed by atoms with Crippen molar-refractivity contribution in [2.45, 2.75) is 11.4 Å². The Kier molecular flexibility index (Phi) is 5.64. The lowest BCUT2D eigenvalue weighted by Gasteiger charge is -2.06. The van der Waals surface area contributed by atoms with E-state index in [1.165, 1.54) is 11.8 Å². The molecule has 0 aliphatic carbocycles. The number of rotatable bonds is 5. The summed E-state index contributed by atoms with van der Waals surface area (Å²) < 4.78 is 0.943. The van der Waals surface area contributed by atoms with Gasteiger partial charge in [-0.1, -0.05) is 34.1 Å². The summed E-state index contributed by atoms with van der Waals surface area (Å²) in [6.07, 6.45) is 0. The van der Waals surface area contributed by atoms with E-state index in [1.807, 2.05) is 48.5 Å². The van der Waals surface area contributed by atoms with Crippen LogP contribution in [0, 0.1) is 0 Å². The molecule has 0 saturated heterocycles. The third-order valence-electron chi connectivity index (χ3n) is 2.61. The summed E-state index contributed by atoms with van der Waals surface area (Å²) in [4.78, 5) is 12.9. The highest BCUT2D eigenvalue weighted by molar-refractivity contribution is 9.10. The van der Waals surface area contributed by atoms with Crippen LogP contribution in [0.2, 0.25) is 0 Å². The van der Waals surface area contributed by atoms with Gasteiger partial charge in [-0.3, -0.25) is 4.79 Å². The maximum atomic E-state index is 11.9. The van der Waals surface area contributed by atoms with E-state index >= 15 is 0 Å². The molecule has 104 valence electrons. The van der Waals surface area contributed by atoms with Crippen LogP contribution in [0.15, 0.2) is 57.9 Å². The average molecular weight is 351 g/mol. The second-order valence-electron chi connectivity index (χ2n) is 4.20. The molecule has 0 fully saturated rings. The van der Waals surface area contributed by atoms with Crippen molar-refractivity contribution >= 4 is 39.3 Å². The minimum Gasteiger partial charge on any atom is -0.326 e. The summed E-state index contributed by atoms with van der Waals surface area (Å²) in [5.41, 5.74) is 7.46. The molecular weight excluding hydrogens is 336 g/mol. The minimum atomic E-state index is -0.0220. The number of halogens is 1. The van der Waals surface area contributed by atoms with Crippen LogP contribution >= 0.6 is 27.7 Å². The predicted molar refractivity (Wildman–Crippen MR) is 87.8 cm³/mol. The van der Waals surface area contributed by atoms with Gasteiger partial charge in [0.25, 0.3) is 0 Å². The summed E-state index contributed by atoms with van der Waals surface area (Å²) in [5, 5.41) is 2.87. The van der Waals surface area contributed by atoms with Crippen molar-refractivity contribution < 1.29 is 4.79 Å². The topological polar surface area (TPSA) is 55.1 Å². The van der Waals surface area contributed by atoms with Gasteiger partial charge in [-0.05, 0) is 35.9 Å². The zero-order chi connectivity index (χ0) is 14.4. The number of thioether (sulfide) groups is 1. The number of carbonyl (C=O) groups is 1. The first kappa shape index (κ1) is 15.1. The Bertz CT molecular complexity index is 604. The molecule has 0 aromatic heterocycles. The van der Waals surface area contributed by atoms with E-state index in [1.54, 1.807) is 0 Å². The monoisotopic (exact) mass is 350 g/mol. The van der Waals surface area contributed by atoms with Gasteiger partial charge in [0.15, 0.2) is 0 Å². The molecule has 0 unspecified atom stereocenters. The number of nitrogens with two attached hydrogens (primary N) is 1. The van der Waals surface area contributed by atoms with Crippen molar-refractivity contribution in [3.05, 3.63) is 58.6 Å². The highest BCUT2D eigenvalue weighted by atomic mass is 79.9. The molecule has 3 nitrogen and oxygen atoms in total. The molecule has 0 atom stereocenters. The van der Waals surface area contributed by atoms with Crippen LogP contribution in [0.25, 0.3) is 0 Å². The van der Waals surface area contributed by atoms with Gasteiger partial charge in [0, 0.05) is 21.6 Å². The zero-order valence-corrected chi connectivity index (χ0v) is 13.2. The van der Waals surface area contributed by atoms with Gasteiger partial charge in [0.1, 0.15) is 0 Å². The van der Waals surface area contributed by atoms with Gasteiger partial charge in [-0.15, -0.1) is 11.8 Å². The van der Waals surface area contributed by atoms with E-state index in [-0.39, 0.29) is 5.91 Å². The van der Waals surface area contributed by atoms with Crippen LogP contribution in [0.1, 0.15) is 5.56 Å². The highest BCUT2D eigenvalue weighted by Gasteiger charge is 2.04. The lowest BCUT2D eigenvalue weighted by atomic mass is 10.2. The maximum Gasteiger partial charge on any atom is 0.234 e. The van der Waals surface area contributed by atoms with E-state index < -0.39 is 0 Å². The molecule has 2 rings (SSSR count). The predicted octanol–water partition coefficient (Wildman–Crippen LogP) is 3.64. The second kappa shape index (κ2) is 7.47. The van der Waals surface area contributed by atoms with Crippen molar-refractivity contribution in [2.24, 2.45) is 5.73 Å². The van der Waals surface area contributed by atoms with E-state index in [4.69, 9.17) is 5.73 Å². The minimum absolute atomic E-state index is 0.0220. The third-order valence-corrected chi connectivity index (χ3v) is 4.10. The van der Waals surface area contributed by atoms with Gasteiger partial charge in [-0.2, -0.15) is 0 Å². The first-order valence-electron chi connectivity index (χ1n) is 6.14. The zero-order valence-electron chi connectivity index (χ0n) is 10.8. The summed E-state index contributed by atoms with van der Waals surface area (Å²) in [7, 11) is 0.